The summed E-state index contributed by atoms with van der Waals surface area (Å²) in [7, 11) is 0. The van der Waals surface area contributed by atoms with E-state index in [0.717, 1.165) is 11.3 Å². The van der Waals surface area contributed by atoms with E-state index in [9.17, 15) is 9.18 Å². The lowest BCUT2D eigenvalue weighted by Crippen LogP contribution is -2.35. The number of benzene rings is 1. The van der Waals surface area contributed by atoms with Gasteiger partial charge in [0.15, 0.2) is 0 Å². The summed E-state index contributed by atoms with van der Waals surface area (Å²) >= 11 is 1.37. The van der Waals surface area contributed by atoms with E-state index in [0.29, 0.717) is 23.8 Å². The van der Waals surface area contributed by atoms with Gasteiger partial charge in [0.25, 0.3) is 5.91 Å². The fraction of sp³-hybridized carbons (Fsp3) is 0.263. The molecule has 1 atom stereocenters. The van der Waals surface area contributed by atoms with Crippen molar-refractivity contribution in [3.8, 4) is 5.75 Å². The van der Waals surface area contributed by atoms with Gasteiger partial charge in [0.2, 0.25) is 0 Å². The van der Waals surface area contributed by atoms with Crippen LogP contribution in [-0.4, -0.2) is 21.7 Å². The first kappa shape index (κ1) is 18.1. The molecule has 2 heterocycles. The molecule has 136 valence electrons. The number of aryl methyl sites for hydroxylation is 1. The molecule has 3 aromatic rings. The molecule has 3 rings (SSSR count). The third-order valence-electron chi connectivity index (χ3n) is 3.71. The van der Waals surface area contributed by atoms with E-state index in [1.165, 1.54) is 23.5 Å². The first-order valence-electron chi connectivity index (χ1n) is 8.26. The largest absolute Gasteiger partial charge is 0.489 e. The Kier molecular flexibility index (Phi) is 5.68. The fourth-order valence-corrected chi connectivity index (χ4v) is 3.25. The highest BCUT2D eigenvalue weighted by molar-refractivity contribution is 7.12. The highest BCUT2D eigenvalue weighted by Gasteiger charge is 2.13. The quantitative estimate of drug-likeness (QED) is 0.686. The number of carbonyl (C=O) groups is 1. The minimum atomic E-state index is -0.300. The van der Waals surface area contributed by atoms with E-state index < -0.39 is 0 Å². The van der Waals surface area contributed by atoms with Crippen molar-refractivity contribution >= 4 is 17.2 Å². The number of aromatic nitrogens is 2. The number of hydrogen-bond acceptors (Lipinski definition) is 4. The van der Waals surface area contributed by atoms with E-state index in [-0.39, 0.29) is 17.8 Å². The van der Waals surface area contributed by atoms with Crippen LogP contribution in [0.15, 0.2) is 48.0 Å². The summed E-state index contributed by atoms with van der Waals surface area (Å²) in [6, 6.07) is 9.56. The highest BCUT2D eigenvalue weighted by atomic mass is 32.1. The molecule has 0 saturated carbocycles. The number of nitrogens with zero attached hydrogens (tertiary/aromatic N) is 2. The third kappa shape index (κ3) is 4.92. The molecule has 5 nitrogen and oxygen atoms in total. The van der Waals surface area contributed by atoms with Crippen LogP contribution in [0, 0.1) is 12.7 Å². The van der Waals surface area contributed by atoms with Crippen LogP contribution in [0.5, 0.6) is 5.75 Å². The van der Waals surface area contributed by atoms with Gasteiger partial charge in [-0.1, -0.05) is 0 Å². The molecule has 0 radical (unpaired) electrons. The lowest BCUT2D eigenvalue weighted by atomic mass is 10.3. The summed E-state index contributed by atoms with van der Waals surface area (Å²) in [5.41, 5.74) is 1.85. The Hall–Kier alpha value is -2.67. The molecule has 0 fully saturated rings. The summed E-state index contributed by atoms with van der Waals surface area (Å²) in [5, 5.41) is 9.19. The second-order valence-corrected chi connectivity index (χ2v) is 7.03. The molecule has 0 aliphatic heterocycles. The molecule has 0 bridgehead atoms. The molecule has 1 amide bonds. The Morgan fingerprint density at radius 2 is 2.12 bits per heavy atom. The maximum absolute atomic E-state index is 12.9. The zero-order chi connectivity index (χ0) is 18.5. The van der Waals surface area contributed by atoms with Crippen LogP contribution in [0.2, 0.25) is 0 Å². The maximum Gasteiger partial charge on any atom is 0.261 e. The topological polar surface area (TPSA) is 56.2 Å². The smallest absolute Gasteiger partial charge is 0.261 e. The third-order valence-corrected chi connectivity index (χ3v) is 4.69. The second-order valence-electron chi connectivity index (χ2n) is 6.12. The van der Waals surface area contributed by atoms with Crippen LogP contribution in [-0.2, 0) is 13.2 Å². The van der Waals surface area contributed by atoms with Crippen molar-refractivity contribution in [2.75, 3.05) is 0 Å². The minimum Gasteiger partial charge on any atom is -0.489 e. The lowest BCUT2D eigenvalue weighted by Gasteiger charge is -2.13. The minimum absolute atomic E-state index is 0.0391. The molecule has 1 aromatic carbocycles. The SMILES string of the molecule is Cc1ccn(CC(C)NC(=O)c2cc(COc3ccc(F)cc3)cs2)n1. The molecule has 0 saturated heterocycles. The van der Waals surface area contributed by atoms with Gasteiger partial charge in [-0.3, -0.25) is 9.48 Å². The van der Waals surface area contributed by atoms with Gasteiger partial charge >= 0.3 is 0 Å². The number of halogens is 1. The van der Waals surface area contributed by atoms with Gasteiger partial charge in [0.1, 0.15) is 18.2 Å². The molecular weight excluding hydrogens is 353 g/mol. The number of carbonyl (C=O) groups excluding carboxylic acids is 1. The predicted octanol–water partition coefficient (Wildman–Crippen LogP) is 3.79. The second kappa shape index (κ2) is 8.14. The van der Waals surface area contributed by atoms with Crippen molar-refractivity contribution in [3.05, 3.63) is 69.9 Å². The van der Waals surface area contributed by atoms with Gasteiger partial charge in [-0.25, -0.2) is 4.39 Å². The van der Waals surface area contributed by atoms with Gasteiger partial charge in [0.05, 0.1) is 17.1 Å². The van der Waals surface area contributed by atoms with E-state index >= 15 is 0 Å². The normalized spacial score (nSPS) is 12.0. The number of amides is 1. The first-order valence-corrected chi connectivity index (χ1v) is 9.14. The average Bonchev–Trinajstić information content (AvgIpc) is 3.23. The van der Waals surface area contributed by atoms with Crippen molar-refractivity contribution in [2.24, 2.45) is 0 Å². The number of nitrogens with one attached hydrogen (secondary N) is 1. The summed E-state index contributed by atoms with van der Waals surface area (Å²) in [4.78, 5) is 13.0. The number of rotatable bonds is 7. The van der Waals surface area contributed by atoms with Gasteiger partial charge in [-0.2, -0.15) is 5.10 Å². The van der Waals surface area contributed by atoms with Crippen LogP contribution in [0.25, 0.3) is 0 Å². The molecule has 2 aromatic heterocycles. The molecule has 0 aliphatic carbocycles. The Labute approximate surface area is 155 Å². The average molecular weight is 373 g/mol. The summed E-state index contributed by atoms with van der Waals surface area (Å²) < 4.78 is 20.3. The van der Waals surface area contributed by atoms with Crippen molar-refractivity contribution in [1.82, 2.24) is 15.1 Å². The first-order chi connectivity index (χ1) is 12.5. The molecule has 7 heteroatoms. The van der Waals surface area contributed by atoms with Crippen LogP contribution >= 0.6 is 11.3 Å². The van der Waals surface area contributed by atoms with E-state index in [4.69, 9.17) is 4.74 Å². The van der Waals surface area contributed by atoms with E-state index in [1.807, 2.05) is 42.2 Å². The zero-order valence-corrected chi connectivity index (χ0v) is 15.4. The Bertz CT molecular complexity index is 873. The highest BCUT2D eigenvalue weighted by Crippen LogP contribution is 2.18. The van der Waals surface area contributed by atoms with Crippen molar-refractivity contribution < 1.29 is 13.9 Å². The molecule has 26 heavy (non-hydrogen) atoms. The maximum atomic E-state index is 12.9. The molecule has 0 aliphatic rings. The van der Waals surface area contributed by atoms with E-state index in [1.54, 1.807) is 12.1 Å². The Balaban J connectivity index is 1.51. The molecule has 0 spiro atoms. The number of thiophene rings is 1. The van der Waals surface area contributed by atoms with Crippen LogP contribution in [0.4, 0.5) is 4.39 Å². The zero-order valence-electron chi connectivity index (χ0n) is 14.6. The van der Waals surface area contributed by atoms with Crippen LogP contribution in [0.1, 0.15) is 27.9 Å². The van der Waals surface area contributed by atoms with Gasteiger partial charge in [-0.15, -0.1) is 11.3 Å². The molecule has 1 unspecified atom stereocenters. The van der Waals surface area contributed by atoms with Crippen molar-refractivity contribution in [2.45, 2.75) is 33.0 Å². The number of ether oxygens (including phenoxy) is 1. The predicted molar refractivity (Wildman–Crippen MR) is 98.9 cm³/mol. The van der Waals surface area contributed by atoms with Crippen LogP contribution < -0.4 is 10.1 Å². The monoisotopic (exact) mass is 373 g/mol. The van der Waals surface area contributed by atoms with Crippen molar-refractivity contribution in [3.63, 3.8) is 0 Å². The van der Waals surface area contributed by atoms with Gasteiger partial charge < -0.3 is 10.1 Å². The molecular formula is C19H20FN3O2S. The summed E-state index contributed by atoms with van der Waals surface area (Å²) in [6.45, 7) is 4.82. The fourth-order valence-electron chi connectivity index (χ4n) is 2.45. The van der Waals surface area contributed by atoms with Gasteiger partial charge in [0, 0.05) is 17.8 Å². The lowest BCUT2D eigenvalue weighted by molar-refractivity contribution is 0.0940. The Morgan fingerprint density at radius 3 is 2.81 bits per heavy atom. The van der Waals surface area contributed by atoms with Crippen molar-refractivity contribution in [1.29, 1.82) is 0 Å². The van der Waals surface area contributed by atoms with Gasteiger partial charge in [-0.05, 0) is 55.6 Å². The Morgan fingerprint density at radius 1 is 1.35 bits per heavy atom. The number of hydrogen-bond donors (Lipinski definition) is 1. The summed E-state index contributed by atoms with van der Waals surface area (Å²) in [6.07, 6.45) is 1.90. The van der Waals surface area contributed by atoms with Crippen LogP contribution in [0.3, 0.4) is 0 Å². The summed E-state index contributed by atoms with van der Waals surface area (Å²) in [5.74, 6) is 0.178. The van der Waals surface area contributed by atoms with E-state index in [2.05, 4.69) is 10.4 Å². The molecule has 1 N–H and O–H groups in total. The standard InChI is InChI=1S/C19H20FN3O2S/c1-13-7-8-23(22-13)10-14(2)21-19(24)18-9-15(12-26-18)11-25-17-5-3-16(20)4-6-17/h3-9,12,14H,10-11H2,1-2H3,(H,21,24).